The van der Waals surface area contributed by atoms with Gasteiger partial charge in [0.1, 0.15) is 0 Å². The summed E-state index contributed by atoms with van der Waals surface area (Å²) in [4.78, 5) is 0. The van der Waals surface area contributed by atoms with Crippen LogP contribution in [0.1, 0.15) is 0 Å². The van der Waals surface area contributed by atoms with E-state index < -0.39 is 5.17 Å². The van der Waals surface area contributed by atoms with E-state index in [1.165, 1.54) is 0 Å². The van der Waals surface area contributed by atoms with Crippen molar-refractivity contribution in [2.45, 2.75) is 0 Å². The molecule has 0 N–H and O–H groups in total. The Morgan fingerprint density at radius 2 is 0.739 bits per heavy atom. The molecular formula is C18H15O3PTe. The molecule has 0 aromatic heterocycles. The van der Waals surface area contributed by atoms with Crippen molar-refractivity contribution in [3.8, 4) is 17.2 Å². The van der Waals surface area contributed by atoms with E-state index >= 15 is 0 Å². The molecule has 0 aliphatic heterocycles. The summed E-state index contributed by atoms with van der Waals surface area (Å²) in [5, 5.41) is -2.63. The summed E-state index contributed by atoms with van der Waals surface area (Å²) in [6, 6.07) is 28.7. The molecule has 3 nitrogen and oxygen atoms in total. The van der Waals surface area contributed by atoms with E-state index in [1.54, 1.807) is 21.2 Å². The Hall–Kier alpha value is -1.72. The van der Waals surface area contributed by atoms with Crippen molar-refractivity contribution in [3.63, 3.8) is 0 Å². The SMILES string of the molecule is [Te]=P(Oc1ccccc1)(Oc1ccccc1)Oc1ccccc1. The fourth-order valence-corrected chi connectivity index (χ4v) is 5.35. The molecule has 3 aromatic carbocycles. The van der Waals surface area contributed by atoms with Crippen molar-refractivity contribution in [2.75, 3.05) is 0 Å². The Kier molecular flexibility index (Phi) is 5.41. The topological polar surface area (TPSA) is 27.7 Å². The third-order valence-electron chi connectivity index (χ3n) is 2.88. The zero-order chi connectivity index (χ0) is 16.0. The van der Waals surface area contributed by atoms with Gasteiger partial charge in [0.15, 0.2) is 0 Å². The number of benzene rings is 3. The Bertz CT molecular complexity index is 671. The van der Waals surface area contributed by atoms with Gasteiger partial charge in [0, 0.05) is 0 Å². The van der Waals surface area contributed by atoms with Crippen LogP contribution in [0.2, 0.25) is 0 Å². The standard InChI is InChI=1S/C18H15O3PTe/c23-22(19-16-10-4-1-5-11-16,20-17-12-6-2-7-13-17)21-18-14-8-3-9-15-18/h1-15H. The maximum atomic E-state index is 6.08. The Morgan fingerprint density at radius 1 is 0.478 bits per heavy atom. The van der Waals surface area contributed by atoms with E-state index in [0.29, 0.717) is 0 Å². The minimum absolute atomic E-state index is 0.720. The molecule has 3 rings (SSSR count). The van der Waals surface area contributed by atoms with Gasteiger partial charge in [-0.25, -0.2) is 0 Å². The second-order valence-electron chi connectivity index (χ2n) is 4.66. The third-order valence-corrected chi connectivity index (χ3v) is 6.10. The van der Waals surface area contributed by atoms with Crippen LogP contribution >= 0.6 is 5.17 Å². The third kappa shape index (κ3) is 4.88. The molecule has 0 bridgehead atoms. The van der Waals surface area contributed by atoms with E-state index in [0.717, 1.165) is 17.2 Å². The van der Waals surface area contributed by atoms with Crippen LogP contribution in [0, 0.1) is 0 Å². The van der Waals surface area contributed by atoms with Crippen molar-refractivity contribution >= 4 is 26.4 Å². The molecule has 23 heavy (non-hydrogen) atoms. The van der Waals surface area contributed by atoms with Crippen LogP contribution in [0.15, 0.2) is 91.0 Å². The molecule has 0 atom stereocenters. The minimum atomic E-state index is -2.63. The Morgan fingerprint density at radius 3 is 1.00 bits per heavy atom. The molecule has 0 heterocycles. The van der Waals surface area contributed by atoms with E-state index in [1.807, 2.05) is 91.0 Å². The fraction of sp³-hybridized carbons (Fsp3) is 0. The Labute approximate surface area is 148 Å². The van der Waals surface area contributed by atoms with E-state index in [4.69, 9.17) is 13.6 Å². The van der Waals surface area contributed by atoms with Crippen LogP contribution in [-0.2, 0) is 0 Å². The molecule has 0 radical (unpaired) electrons. The molecule has 0 amide bonds. The van der Waals surface area contributed by atoms with Crippen LogP contribution < -0.4 is 13.6 Å². The van der Waals surface area contributed by atoms with Gasteiger partial charge >= 0.3 is 148 Å². The van der Waals surface area contributed by atoms with Crippen LogP contribution in [0.4, 0.5) is 0 Å². The van der Waals surface area contributed by atoms with Gasteiger partial charge in [-0.2, -0.15) is 0 Å². The number of rotatable bonds is 6. The van der Waals surface area contributed by atoms with Crippen LogP contribution in [0.3, 0.4) is 0 Å². The molecule has 0 unspecified atom stereocenters. The molecular weight excluding hydrogens is 423 g/mol. The van der Waals surface area contributed by atoms with Gasteiger partial charge in [-0.3, -0.25) is 0 Å². The molecule has 3 aromatic rings. The first-order chi connectivity index (χ1) is 11.2. The summed E-state index contributed by atoms with van der Waals surface area (Å²) >= 11 is 1.77. The zero-order valence-electron chi connectivity index (χ0n) is 12.2. The second kappa shape index (κ2) is 7.70. The van der Waals surface area contributed by atoms with Gasteiger partial charge in [0.2, 0.25) is 0 Å². The van der Waals surface area contributed by atoms with Crippen LogP contribution in [0.25, 0.3) is 0 Å². The number of para-hydroxylation sites is 3. The quantitative estimate of drug-likeness (QED) is 0.398. The molecule has 0 spiro atoms. The summed E-state index contributed by atoms with van der Waals surface area (Å²) in [6.07, 6.45) is 0. The van der Waals surface area contributed by atoms with Gasteiger partial charge < -0.3 is 0 Å². The second-order valence-corrected chi connectivity index (χ2v) is 9.93. The first kappa shape index (κ1) is 16.1. The fourth-order valence-electron chi connectivity index (χ4n) is 1.89. The molecule has 0 aliphatic carbocycles. The maximum absolute atomic E-state index is 6.08. The average molecular weight is 438 g/mol. The van der Waals surface area contributed by atoms with Gasteiger partial charge in [-0.05, 0) is 0 Å². The van der Waals surface area contributed by atoms with E-state index in [-0.39, 0.29) is 0 Å². The van der Waals surface area contributed by atoms with E-state index in [2.05, 4.69) is 0 Å². The summed E-state index contributed by atoms with van der Waals surface area (Å²) < 4.78 is 18.2. The normalized spacial score (nSPS) is 10.8. The van der Waals surface area contributed by atoms with E-state index in [9.17, 15) is 0 Å². The predicted molar refractivity (Wildman–Crippen MR) is 93.9 cm³/mol. The van der Waals surface area contributed by atoms with Crippen molar-refractivity contribution < 1.29 is 13.6 Å². The molecule has 0 saturated heterocycles. The summed E-state index contributed by atoms with van der Waals surface area (Å²) in [5.41, 5.74) is 0. The zero-order valence-corrected chi connectivity index (χ0v) is 15.5. The van der Waals surface area contributed by atoms with Crippen molar-refractivity contribution in [1.82, 2.24) is 0 Å². The summed E-state index contributed by atoms with van der Waals surface area (Å²) in [7, 11) is 0. The monoisotopic (exact) mass is 440 g/mol. The van der Waals surface area contributed by atoms with Crippen LogP contribution in [0.5, 0.6) is 17.2 Å². The molecule has 0 saturated carbocycles. The predicted octanol–water partition coefficient (Wildman–Crippen LogP) is 5.07. The summed E-state index contributed by atoms with van der Waals surface area (Å²) in [5.74, 6) is 2.16. The van der Waals surface area contributed by atoms with Gasteiger partial charge in [0.05, 0.1) is 0 Å². The van der Waals surface area contributed by atoms with Crippen molar-refractivity contribution in [1.29, 1.82) is 0 Å². The van der Waals surface area contributed by atoms with Crippen LogP contribution in [-0.4, -0.2) is 21.2 Å². The van der Waals surface area contributed by atoms with Gasteiger partial charge in [0.25, 0.3) is 0 Å². The molecule has 0 fully saturated rings. The van der Waals surface area contributed by atoms with Gasteiger partial charge in [-0.1, -0.05) is 0 Å². The first-order valence-corrected chi connectivity index (χ1v) is 11.7. The van der Waals surface area contributed by atoms with Gasteiger partial charge in [-0.15, -0.1) is 0 Å². The molecule has 5 heteroatoms. The average Bonchev–Trinajstić information content (AvgIpc) is 2.57. The number of hydrogen-bond acceptors (Lipinski definition) is 3. The molecule has 116 valence electrons. The van der Waals surface area contributed by atoms with Crippen molar-refractivity contribution in [3.05, 3.63) is 91.0 Å². The summed E-state index contributed by atoms with van der Waals surface area (Å²) in [6.45, 7) is 0. The number of hydrogen-bond donors (Lipinski definition) is 0. The Balaban J connectivity index is 1.87. The first-order valence-electron chi connectivity index (χ1n) is 7.07. The molecule has 0 aliphatic rings. The van der Waals surface area contributed by atoms with Crippen molar-refractivity contribution in [2.24, 2.45) is 0 Å².